The van der Waals surface area contributed by atoms with Crippen LogP contribution in [-0.4, -0.2) is 75.5 Å². The van der Waals surface area contributed by atoms with E-state index in [0.717, 1.165) is 265 Å². The van der Waals surface area contributed by atoms with E-state index < -0.39 is 7.82 Å². The minimum absolute atomic E-state index is 0.354. The molecule has 578 valence electrons. The highest BCUT2D eigenvalue weighted by Crippen LogP contribution is 2.53. The van der Waals surface area contributed by atoms with Crippen LogP contribution in [0, 0.1) is 20.8 Å². The van der Waals surface area contributed by atoms with Gasteiger partial charge in [0, 0.05) is 33.4 Å². The summed E-state index contributed by atoms with van der Waals surface area (Å²) in [4.78, 5) is 72.0. The lowest BCUT2D eigenvalue weighted by Gasteiger charge is -2.25. The number of phosphoric acid groups is 1. The van der Waals surface area contributed by atoms with Crippen LogP contribution in [0.3, 0.4) is 0 Å². The summed E-state index contributed by atoms with van der Waals surface area (Å²) in [5.41, 5.74) is 12.0. The largest absolute Gasteiger partial charge is 0.647 e. The van der Waals surface area contributed by atoms with Crippen LogP contribution < -0.4 is 13.6 Å². The minimum Gasteiger partial charge on any atom is -0.462 e. The molecule has 0 saturated carbocycles. The number of aryl methyl sites for hydroxylation is 3. The van der Waals surface area contributed by atoms with Crippen LogP contribution in [-0.2, 0) is 100 Å². The molecule has 0 amide bonds. The molecule has 0 N–H and O–H groups in total. The molecule has 17 heteroatoms. The fraction of sp³-hybridized carbons (Fsp3) is 0.586. The quantitative estimate of drug-likeness (QED) is 0.0170. The van der Waals surface area contributed by atoms with Gasteiger partial charge >= 0.3 is 43.6 Å². The van der Waals surface area contributed by atoms with E-state index in [0.29, 0.717) is 90.3 Å². The maximum Gasteiger partial charge on any atom is 0.647 e. The number of carbonyl (C=O) groups is 6. The molecule has 0 spiro atoms. The number of ether oxygens (including phenoxy) is 6. The lowest BCUT2D eigenvalue weighted by Crippen LogP contribution is -2.12. The van der Waals surface area contributed by atoms with E-state index in [4.69, 9.17) is 42.0 Å². The van der Waals surface area contributed by atoms with Gasteiger partial charge < -0.3 is 42.0 Å². The SMILES string of the molecule is C=C(C)C(=O)OCCCCCCCc1ccc(OP(=O)(Oc2ccc(CCCCCCCOC(=O)C(=C)C)c(CCCCCCCOC(=O)C(=C)C)c2C)Oc2ccc(CCCCCCCOC(=O)C(=C)C)c(CCCCCCCOC(=O)C(=C)C)c2C)c(C)c1CCCCCCCOC(=O)C(=C)C. The lowest BCUT2D eigenvalue weighted by molar-refractivity contribution is -0.139. The zero-order valence-electron chi connectivity index (χ0n) is 65.4. The average Bonchev–Trinajstić information content (AvgIpc) is 0.784. The minimum atomic E-state index is -4.64. The molecule has 3 aromatic carbocycles. The van der Waals surface area contributed by atoms with Gasteiger partial charge in [-0.15, -0.1) is 0 Å². The maximum atomic E-state index is 16.5. The fourth-order valence-electron chi connectivity index (χ4n) is 12.2. The van der Waals surface area contributed by atoms with Crippen molar-refractivity contribution in [3.8, 4) is 17.2 Å². The number of unbranched alkanes of at least 4 members (excludes halogenated alkanes) is 24. The number of hydrogen-bond donors (Lipinski definition) is 0. The van der Waals surface area contributed by atoms with Crippen LogP contribution in [0.5, 0.6) is 17.2 Å². The molecule has 0 radical (unpaired) electrons. The van der Waals surface area contributed by atoms with Gasteiger partial charge in [0.05, 0.1) is 39.6 Å². The number of hydrogen-bond acceptors (Lipinski definition) is 16. The summed E-state index contributed by atoms with van der Waals surface area (Å²) < 4.78 is 69.4. The van der Waals surface area contributed by atoms with Crippen LogP contribution >= 0.6 is 7.82 Å². The van der Waals surface area contributed by atoms with Gasteiger partial charge in [0.25, 0.3) is 0 Å². The predicted molar refractivity (Wildman–Crippen MR) is 418 cm³/mol. The monoisotopic (exact) mass is 1460 g/mol. The highest BCUT2D eigenvalue weighted by atomic mass is 31.2. The molecule has 0 fully saturated rings. The third-order valence-electron chi connectivity index (χ3n) is 18.5. The van der Waals surface area contributed by atoms with Crippen molar-refractivity contribution < 1.29 is 75.3 Å². The van der Waals surface area contributed by atoms with E-state index in [1.807, 2.05) is 39.0 Å². The first-order valence-corrected chi connectivity index (χ1v) is 40.2. The van der Waals surface area contributed by atoms with Gasteiger partial charge in [0.1, 0.15) is 17.2 Å². The predicted octanol–water partition coefficient (Wildman–Crippen LogP) is 21.9. The summed E-state index contributed by atoms with van der Waals surface area (Å²) in [5, 5.41) is 0. The van der Waals surface area contributed by atoms with Crippen molar-refractivity contribution in [2.24, 2.45) is 0 Å². The second-order valence-electron chi connectivity index (χ2n) is 28.3. The van der Waals surface area contributed by atoms with E-state index in [-0.39, 0.29) is 35.8 Å². The lowest BCUT2D eigenvalue weighted by atomic mass is 9.92. The van der Waals surface area contributed by atoms with Gasteiger partial charge in [-0.1, -0.05) is 173 Å². The second kappa shape index (κ2) is 52.5. The molecule has 0 saturated heterocycles. The van der Waals surface area contributed by atoms with Crippen LogP contribution in [0.4, 0.5) is 0 Å². The Morgan fingerprint density at radius 2 is 0.423 bits per heavy atom. The van der Waals surface area contributed by atoms with E-state index in [9.17, 15) is 28.8 Å². The van der Waals surface area contributed by atoms with E-state index in [1.165, 1.54) is 16.7 Å². The summed E-state index contributed by atoms with van der Waals surface area (Å²) in [7, 11) is -4.64. The highest BCUT2D eigenvalue weighted by Gasteiger charge is 2.36. The summed E-state index contributed by atoms with van der Waals surface area (Å²) in [5.74, 6) is -0.978. The number of esters is 6. The Labute approximate surface area is 625 Å². The Bertz CT molecular complexity index is 2970. The molecule has 104 heavy (non-hydrogen) atoms. The molecular formula is C87H129O16P. The molecule has 3 aromatic rings. The molecule has 16 nitrogen and oxygen atoms in total. The summed E-state index contributed by atoms with van der Waals surface area (Å²) in [6.45, 7) is 40.3. The van der Waals surface area contributed by atoms with E-state index >= 15 is 4.57 Å². The summed E-state index contributed by atoms with van der Waals surface area (Å²) in [6, 6.07) is 12.1. The zero-order chi connectivity index (χ0) is 76.7. The maximum absolute atomic E-state index is 16.5. The number of carbonyl (C=O) groups excluding carboxylic acids is 6. The molecule has 0 bridgehead atoms. The normalized spacial score (nSPS) is 11.1. The van der Waals surface area contributed by atoms with Crippen molar-refractivity contribution in [3.05, 3.63) is 159 Å². The molecule has 0 aliphatic heterocycles. The van der Waals surface area contributed by atoms with Gasteiger partial charge in [0.2, 0.25) is 0 Å². The molecule has 0 aliphatic rings. The van der Waals surface area contributed by atoms with Crippen molar-refractivity contribution >= 4 is 43.6 Å². The van der Waals surface area contributed by atoms with E-state index in [1.54, 1.807) is 41.5 Å². The molecule has 0 aliphatic carbocycles. The Morgan fingerprint density at radius 3 is 0.606 bits per heavy atom. The Kier molecular flexibility index (Phi) is 45.8. The van der Waals surface area contributed by atoms with Gasteiger partial charge in [-0.05, 0) is 246 Å². The number of phosphoric ester groups is 1. The van der Waals surface area contributed by atoms with Crippen LogP contribution in [0.15, 0.2) is 109 Å². The molecule has 0 atom stereocenters. The van der Waals surface area contributed by atoms with Crippen molar-refractivity contribution in [2.45, 2.75) is 293 Å². The van der Waals surface area contributed by atoms with Gasteiger partial charge in [-0.25, -0.2) is 28.8 Å². The topological polar surface area (TPSA) is 203 Å². The molecular weight excluding hydrogens is 1330 g/mol. The number of rotatable bonds is 60. The molecule has 0 unspecified atom stereocenters. The first-order chi connectivity index (χ1) is 49.8. The van der Waals surface area contributed by atoms with E-state index in [2.05, 4.69) is 57.7 Å². The molecule has 0 heterocycles. The first-order valence-electron chi connectivity index (χ1n) is 38.7. The van der Waals surface area contributed by atoms with Gasteiger partial charge in [0.15, 0.2) is 0 Å². The molecule has 3 rings (SSSR count). The first kappa shape index (κ1) is 90.8. The third-order valence-corrected chi connectivity index (χ3v) is 19.8. The fourth-order valence-corrected chi connectivity index (χ4v) is 13.6. The number of benzene rings is 3. The van der Waals surface area contributed by atoms with Crippen molar-refractivity contribution in [1.82, 2.24) is 0 Å². The highest BCUT2D eigenvalue weighted by molar-refractivity contribution is 7.49. The van der Waals surface area contributed by atoms with Crippen LogP contribution in [0.1, 0.15) is 284 Å². The standard InChI is InChI=1S/C87H129O16P/c1-64(2)82(88)95-58-40-28-16-22-34-46-73-52-55-79(70(13)76(73)49-37-25-19-31-43-61-98-85(91)67(7)8)101-104(94,102-80-56-53-74(47-35-23-17-29-41-59-96-83(89)65(3)4)77(71(80)14)50-38-26-20-32-44-62-99-86(92)68(9)10)103-81-57-54-75(48-36-24-18-30-42-60-97-84(90)66(5)6)78(72(81)15)51-39-27-21-33-45-63-100-87(93)69(11)12/h52-57H,1,3,5,7,9,11,16-51,58-63H2,2,4,6,8,10,12-15H3. The van der Waals surface area contributed by atoms with Crippen molar-refractivity contribution in [2.75, 3.05) is 39.6 Å². The Morgan fingerprint density at radius 1 is 0.260 bits per heavy atom. The van der Waals surface area contributed by atoms with Gasteiger partial charge in [-0.3, -0.25) is 0 Å². The zero-order valence-corrected chi connectivity index (χ0v) is 66.3. The van der Waals surface area contributed by atoms with Crippen LogP contribution in [0.2, 0.25) is 0 Å². The van der Waals surface area contributed by atoms with Gasteiger partial charge in [-0.2, -0.15) is 4.57 Å². The Balaban J connectivity index is 2.15. The van der Waals surface area contributed by atoms with Crippen LogP contribution in [0.25, 0.3) is 0 Å². The van der Waals surface area contributed by atoms with Crippen molar-refractivity contribution in [3.63, 3.8) is 0 Å². The average molecular weight is 1460 g/mol. The summed E-state index contributed by atoms with van der Waals surface area (Å²) in [6.07, 6.45) is 32.2. The molecule has 0 aromatic heterocycles. The summed E-state index contributed by atoms with van der Waals surface area (Å²) >= 11 is 0. The Hall–Kier alpha value is -7.45. The van der Waals surface area contributed by atoms with Crippen molar-refractivity contribution in [1.29, 1.82) is 0 Å². The smallest absolute Gasteiger partial charge is 0.462 e. The second-order valence-corrected chi connectivity index (χ2v) is 29.7. The third kappa shape index (κ3) is 37.5.